The monoisotopic (exact) mass is 415 g/mol. The van der Waals surface area contributed by atoms with Crippen LogP contribution in [0.3, 0.4) is 0 Å². The van der Waals surface area contributed by atoms with E-state index in [2.05, 4.69) is 9.89 Å². The van der Waals surface area contributed by atoms with Crippen LogP contribution in [0.5, 0.6) is 5.75 Å². The summed E-state index contributed by atoms with van der Waals surface area (Å²) < 4.78 is 16.1. The van der Waals surface area contributed by atoms with Crippen LogP contribution in [0.2, 0.25) is 0 Å². The minimum absolute atomic E-state index is 0.248. The third-order valence-electron chi connectivity index (χ3n) is 5.29. The van der Waals surface area contributed by atoms with Gasteiger partial charge in [-0.1, -0.05) is 18.2 Å². The number of fused-ring (bicyclic) bond motifs is 1. The van der Waals surface area contributed by atoms with E-state index in [-0.39, 0.29) is 11.6 Å². The average molecular weight is 415 g/mol. The van der Waals surface area contributed by atoms with Crippen LogP contribution < -0.4 is 9.64 Å². The molecule has 31 heavy (non-hydrogen) atoms. The van der Waals surface area contributed by atoms with Crippen LogP contribution in [0, 0.1) is 0 Å². The molecule has 7 nitrogen and oxygen atoms in total. The summed E-state index contributed by atoms with van der Waals surface area (Å²) in [5, 5.41) is 0.997. The van der Waals surface area contributed by atoms with E-state index in [9.17, 15) is 4.79 Å². The van der Waals surface area contributed by atoms with Crippen LogP contribution in [0.25, 0.3) is 17.0 Å². The van der Waals surface area contributed by atoms with Crippen molar-refractivity contribution in [2.75, 3.05) is 38.3 Å². The molecule has 2 aromatic carbocycles. The van der Waals surface area contributed by atoms with Gasteiger partial charge in [0, 0.05) is 29.6 Å². The summed E-state index contributed by atoms with van der Waals surface area (Å²) in [7, 11) is 1.60. The fourth-order valence-electron chi connectivity index (χ4n) is 3.67. The van der Waals surface area contributed by atoms with E-state index in [0.29, 0.717) is 18.8 Å². The quantitative estimate of drug-likeness (QED) is 0.480. The average Bonchev–Trinajstić information content (AvgIpc) is 3.19. The number of carbonyl (C=O) groups is 1. The molecule has 0 unspecified atom stereocenters. The number of aliphatic imine (C=N–C) groups is 1. The van der Waals surface area contributed by atoms with Gasteiger partial charge in [0.1, 0.15) is 11.6 Å². The summed E-state index contributed by atoms with van der Waals surface area (Å²) >= 11 is 0. The molecular weight excluding hydrogens is 394 g/mol. The molecule has 7 heteroatoms. The van der Waals surface area contributed by atoms with E-state index in [1.165, 1.54) is 0 Å². The van der Waals surface area contributed by atoms with Crippen LogP contribution in [-0.4, -0.2) is 50.3 Å². The number of anilines is 1. The highest BCUT2D eigenvalue weighted by molar-refractivity contribution is 6.13. The first-order chi connectivity index (χ1) is 15.2. The Morgan fingerprint density at radius 1 is 1.06 bits per heavy atom. The second kappa shape index (κ2) is 8.20. The van der Waals surface area contributed by atoms with Crippen molar-refractivity contribution >= 4 is 34.7 Å². The van der Waals surface area contributed by atoms with E-state index in [1.54, 1.807) is 25.3 Å². The number of rotatable bonds is 4. The van der Waals surface area contributed by atoms with Gasteiger partial charge in [-0.3, -0.25) is 0 Å². The summed E-state index contributed by atoms with van der Waals surface area (Å²) in [5.41, 5.74) is 2.69. The first-order valence-electron chi connectivity index (χ1n) is 10.1. The van der Waals surface area contributed by atoms with Crippen LogP contribution >= 0.6 is 0 Å². The van der Waals surface area contributed by atoms with Gasteiger partial charge in [0.25, 0.3) is 0 Å². The Morgan fingerprint density at radius 2 is 1.84 bits per heavy atom. The fourth-order valence-corrected chi connectivity index (χ4v) is 3.67. The van der Waals surface area contributed by atoms with Crippen molar-refractivity contribution in [2.24, 2.45) is 4.99 Å². The summed E-state index contributed by atoms with van der Waals surface area (Å²) in [6.45, 7) is 2.78. The molecule has 0 spiro atoms. The molecule has 2 aliphatic rings. The Morgan fingerprint density at radius 3 is 2.61 bits per heavy atom. The van der Waals surface area contributed by atoms with Gasteiger partial charge in [0.15, 0.2) is 5.70 Å². The van der Waals surface area contributed by atoms with E-state index in [1.807, 2.05) is 42.5 Å². The van der Waals surface area contributed by atoms with Gasteiger partial charge in [0.05, 0.1) is 25.8 Å². The maximum Gasteiger partial charge on any atom is 0.363 e. The van der Waals surface area contributed by atoms with E-state index in [4.69, 9.17) is 19.2 Å². The molecule has 1 aromatic heterocycles. The lowest BCUT2D eigenvalue weighted by molar-refractivity contribution is -0.129. The molecule has 156 valence electrons. The van der Waals surface area contributed by atoms with Crippen molar-refractivity contribution in [1.29, 1.82) is 0 Å². The number of hydrogen-bond acceptors (Lipinski definition) is 7. The van der Waals surface area contributed by atoms with Gasteiger partial charge in [-0.15, -0.1) is 0 Å². The number of para-hydroxylation sites is 1. The lowest BCUT2D eigenvalue weighted by Crippen LogP contribution is -2.37. The number of methoxy groups -OCH3 is 1. The molecule has 2 aliphatic heterocycles. The summed E-state index contributed by atoms with van der Waals surface area (Å²) in [6, 6.07) is 17.2. The molecule has 0 saturated carbocycles. The SMILES string of the molecule is COc1ccc(C2=NC(=Cc3cc4ccccc4nc3N3CCOCC3)C(=O)O2)cc1. The highest BCUT2D eigenvalue weighted by atomic mass is 16.6. The van der Waals surface area contributed by atoms with Gasteiger partial charge >= 0.3 is 5.97 Å². The van der Waals surface area contributed by atoms with Crippen LogP contribution in [-0.2, 0) is 14.3 Å². The Balaban J connectivity index is 1.56. The minimum atomic E-state index is -0.480. The van der Waals surface area contributed by atoms with Crippen LogP contribution in [0.1, 0.15) is 11.1 Å². The topological polar surface area (TPSA) is 73.3 Å². The first kappa shape index (κ1) is 19.3. The number of ether oxygens (including phenoxy) is 3. The Hall–Kier alpha value is -3.71. The number of morpholine rings is 1. The maximum absolute atomic E-state index is 12.6. The van der Waals surface area contributed by atoms with Gasteiger partial charge in [-0.25, -0.2) is 14.8 Å². The third kappa shape index (κ3) is 3.87. The molecular formula is C24H21N3O4. The highest BCUT2D eigenvalue weighted by Gasteiger charge is 2.25. The van der Waals surface area contributed by atoms with Gasteiger partial charge in [-0.2, -0.15) is 0 Å². The van der Waals surface area contributed by atoms with Crippen molar-refractivity contribution in [3.05, 3.63) is 71.4 Å². The summed E-state index contributed by atoms with van der Waals surface area (Å²) in [6.07, 6.45) is 1.75. The number of esters is 1. The van der Waals surface area contributed by atoms with Crippen molar-refractivity contribution < 1.29 is 19.0 Å². The van der Waals surface area contributed by atoms with Crippen molar-refractivity contribution in [1.82, 2.24) is 4.98 Å². The number of aromatic nitrogens is 1. The predicted octanol–water partition coefficient (Wildman–Crippen LogP) is 3.42. The molecule has 0 N–H and O–H groups in total. The van der Waals surface area contributed by atoms with Crippen molar-refractivity contribution in [2.45, 2.75) is 0 Å². The smallest absolute Gasteiger partial charge is 0.363 e. The molecule has 3 heterocycles. The Bertz CT molecular complexity index is 1200. The van der Waals surface area contributed by atoms with Crippen molar-refractivity contribution in [3.63, 3.8) is 0 Å². The van der Waals surface area contributed by atoms with Gasteiger partial charge < -0.3 is 19.1 Å². The Kier molecular flexibility index (Phi) is 5.09. The third-order valence-corrected chi connectivity index (χ3v) is 5.29. The number of nitrogens with zero attached hydrogens (tertiary/aromatic N) is 3. The fraction of sp³-hybridized carbons (Fsp3) is 0.208. The molecule has 0 bridgehead atoms. The van der Waals surface area contributed by atoms with E-state index in [0.717, 1.165) is 41.1 Å². The maximum atomic E-state index is 12.6. The Labute approximate surface area is 179 Å². The zero-order chi connectivity index (χ0) is 21.2. The molecule has 1 fully saturated rings. The second-order valence-corrected chi connectivity index (χ2v) is 7.26. The number of pyridine rings is 1. The zero-order valence-electron chi connectivity index (χ0n) is 17.1. The van der Waals surface area contributed by atoms with Gasteiger partial charge in [-0.05, 0) is 42.5 Å². The largest absolute Gasteiger partial charge is 0.497 e. The lowest BCUT2D eigenvalue weighted by Gasteiger charge is -2.29. The standard InChI is InChI=1S/C24H21N3O4/c1-29-19-8-6-16(7-9-19)23-26-21(24(28)31-23)15-18-14-17-4-2-3-5-20(17)25-22(18)27-10-12-30-13-11-27/h2-9,14-15H,10-13H2,1H3. The highest BCUT2D eigenvalue weighted by Crippen LogP contribution is 2.28. The van der Waals surface area contributed by atoms with Crippen molar-refractivity contribution in [3.8, 4) is 5.75 Å². The van der Waals surface area contributed by atoms with Crippen LogP contribution in [0.4, 0.5) is 5.82 Å². The van der Waals surface area contributed by atoms with Crippen LogP contribution in [0.15, 0.2) is 65.3 Å². The first-order valence-corrected chi connectivity index (χ1v) is 10.1. The number of hydrogen-bond donors (Lipinski definition) is 0. The van der Waals surface area contributed by atoms with E-state index >= 15 is 0 Å². The molecule has 0 radical (unpaired) electrons. The molecule has 0 aliphatic carbocycles. The second-order valence-electron chi connectivity index (χ2n) is 7.26. The molecule has 0 atom stereocenters. The van der Waals surface area contributed by atoms with Gasteiger partial charge in [0.2, 0.25) is 5.90 Å². The normalized spacial score (nSPS) is 17.7. The summed E-state index contributed by atoms with van der Waals surface area (Å²) in [5.74, 6) is 1.34. The van der Waals surface area contributed by atoms with E-state index < -0.39 is 5.97 Å². The lowest BCUT2D eigenvalue weighted by atomic mass is 10.1. The molecule has 1 saturated heterocycles. The number of cyclic esters (lactones) is 1. The summed E-state index contributed by atoms with van der Waals surface area (Å²) in [4.78, 5) is 24.1. The number of carbonyl (C=O) groups excluding carboxylic acids is 1. The molecule has 5 rings (SSSR count). The molecule has 3 aromatic rings. The molecule has 0 amide bonds. The zero-order valence-corrected chi connectivity index (χ0v) is 17.1. The minimum Gasteiger partial charge on any atom is -0.497 e. The predicted molar refractivity (Wildman–Crippen MR) is 118 cm³/mol. The number of benzene rings is 2.